The minimum absolute atomic E-state index is 0.00795. The van der Waals surface area contributed by atoms with E-state index in [0.717, 1.165) is 5.69 Å². The Morgan fingerprint density at radius 2 is 1.88 bits per heavy atom. The Labute approximate surface area is 150 Å². The lowest BCUT2D eigenvalue weighted by molar-refractivity contribution is -0.121. The minimum atomic E-state index is -0.450. The minimum Gasteiger partial charge on any atom is -0.448 e. The van der Waals surface area contributed by atoms with Gasteiger partial charge in [0.15, 0.2) is 5.82 Å². The molecule has 0 saturated carbocycles. The molecule has 0 aliphatic carbocycles. The fourth-order valence-corrected chi connectivity index (χ4v) is 2.27. The first-order valence-corrected chi connectivity index (χ1v) is 8.14. The normalized spacial score (nSPS) is 13.2. The van der Waals surface area contributed by atoms with Gasteiger partial charge in [-0.2, -0.15) is 0 Å². The summed E-state index contributed by atoms with van der Waals surface area (Å²) in [7, 11) is 0. The molecule has 26 heavy (non-hydrogen) atoms. The van der Waals surface area contributed by atoms with E-state index in [1.54, 1.807) is 24.5 Å². The summed E-state index contributed by atoms with van der Waals surface area (Å²) in [6.07, 6.45) is 2.92. The Balaban J connectivity index is 1.35. The van der Waals surface area contributed by atoms with Crippen LogP contribution < -0.4 is 16.0 Å². The van der Waals surface area contributed by atoms with Crippen molar-refractivity contribution in [3.63, 3.8) is 0 Å². The standard InChI is InChI=1S/C16H19N7O3/c24-15(11-23-9-10-26-16(23)25)19-8-7-18-13-1-2-14(22-21-13)20-12-3-5-17-6-4-12/h1-6H,7-11H2,(H,18,21)(H,19,24)(H,17,20,22). The molecule has 10 heteroatoms. The molecular formula is C16H19N7O3. The number of carbonyl (C=O) groups excluding carboxylic acids is 2. The van der Waals surface area contributed by atoms with E-state index >= 15 is 0 Å². The number of amides is 2. The Morgan fingerprint density at radius 1 is 1.12 bits per heavy atom. The lowest BCUT2D eigenvalue weighted by Gasteiger charge is -2.12. The van der Waals surface area contributed by atoms with Gasteiger partial charge in [0.05, 0.1) is 6.54 Å². The van der Waals surface area contributed by atoms with E-state index in [1.807, 2.05) is 12.1 Å². The number of ether oxygens (including phenoxy) is 1. The maximum atomic E-state index is 11.7. The quantitative estimate of drug-likeness (QED) is 0.587. The fraction of sp³-hybridized carbons (Fsp3) is 0.312. The van der Waals surface area contributed by atoms with Crippen LogP contribution in [-0.4, -0.2) is 64.9 Å². The fourth-order valence-electron chi connectivity index (χ4n) is 2.27. The van der Waals surface area contributed by atoms with Crippen molar-refractivity contribution in [1.29, 1.82) is 0 Å². The van der Waals surface area contributed by atoms with Gasteiger partial charge in [0.1, 0.15) is 19.0 Å². The molecule has 1 saturated heterocycles. The van der Waals surface area contributed by atoms with Crippen LogP contribution in [0.3, 0.4) is 0 Å². The second-order valence-electron chi connectivity index (χ2n) is 5.48. The zero-order valence-electron chi connectivity index (χ0n) is 14.0. The smallest absolute Gasteiger partial charge is 0.410 e. The molecule has 3 heterocycles. The molecular weight excluding hydrogens is 338 g/mol. The lowest BCUT2D eigenvalue weighted by atomic mass is 10.4. The van der Waals surface area contributed by atoms with Crippen LogP contribution >= 0.6 is 0 Å². The summed E-state index contributed by atoms with van der Waals surface area (Å²) in [6, 6.07) is 7.25. The van der Waals surface area contributed by atoms with Crippen LogP contribution in [0.2, 0.25) is 0 Å². The Bertz CT molecular complexity index is 739. The lowest BCUT2D eigenvalue weighted by Crippen LogP contribution is -2.39. The van der Waals surface area contributed by atoms with Crippen LogP contribution in [0, 0.1) is 0 Å². The van der Waals surface area contributed by atoms with Crippen molar-refractivity contribution in [2.24, 2.45) is 0 Å². The van der Waals surface area contributed by atoms with Crippen molar-refractivity contribution in [1.82, 2.24) is 25.4 Å². The number of nitrogens with zero attached hydrogens (tertiary/aromatic N) is 4. The first-order chi connectivity index (χ1) is 12.7. The van der Waals surface area contributed by atoms with Gasteiger partial charge >= 0.3 is 6.09 Å². The van der Waals surface area contributed by atoms with Gasteiger partial charge in [-0.15, -0.1) is 10.2 Å². The predicted molar refractivity (Wildman–Crippen MR) is 94.0 cm³/mol. The zero-order chi connectivity index (χ0) is 18.2. The van der Waals surface area contributed by atoms with Crippen LogP contribution in [0.5, 0.6) is 0 Å². The van der Waals surface area contributed by atoms with Gasteiger partial charge in [0.25, 0.3) is 0 Å². The predicted octanol–water partition coefficient (Wildman–Crippen LogP) is 0.595. The summed E-state index contributed by atoms with van der Waals surface area (Å²) >= 11 is 0. The second-order valence-corrected chi connectivity index (χ2v) is 5.48. The zero-order valence-corrected chi connectivity index (χ0v) is 14.0. The molecule has 3 rings (SSSR count). The average Bonchev–Trinajstić information content (AvgIpc) is 3.06. The maximum Gasteiger partial charge on any atom is 0.410 e. The van der Waals surface area contributed by atoms with Crippen LogP contribution in [0.25, 0.3) is 0 Å². The van der Waals surface area contributed by atoms with Gasteiger partial charge in [-0.1, -0.05) is 0 Å². The van der Waals surface area contributed by atoms with Crippen LogP contribution in [0.15, 0.2) is 36.7 Å². The number of carbonyl (C=O) groups is 2. The maximum absolute atomic E-state index is 11.7. The third-order valence-corrected chi connectivity index (χ3v) is 3.55. The van der Waals surface area contributed by atoms with E-state index in [2.05, 4.69) is 31.1 Å². The molecule has 1 fully saturated rings. The SMILES string of the molecule is O=C(CN1CCOC1=O)NCCNc1ccc(Nc2ccncc2)nn1. The summed E-state index contributed by atoms with van der Waals surface area (Å²) in [4.78, 5) is 28.3. The van der Waals surface area contributed by atoms with Gasteiger partial charge < -0.3 is 20.7 Å². The summed E-state index contributed by atoms with van der Waals surface area (Å²) in [5, 5.41) is 17.0. The van der Waals surface area contributed by atoms with Gasteiger partial charge in [-0.05, 0) is 24.3 Å². The van der Waals surface area contributed by atoms with Crippen LogP contribution in [0.4, 0.5) is 22.1 Å². The van der Waals surface area contributed by atoms with E-state index in [1.165, 1.54) is 4.90 Å². The third kappa shape index (κ3) is 5.03. The number of aromatic nitrogens is 3. The molecule has 2 amide bonds. The Morgan fingerprint density at radius 3 is 2.58 bits per heavy atom. The molecule has 0 atom stereocenters. The number of hydrogen-bond acceptors (Lipinski definition) is 8. The summed E-state index contributed by atoms with van der Waals surface area (Å²) < 4.78 is 4.77. The highest BCUT2D eigenvalue weighted by Crippen LogP contribution is 2.13. The van der Waals surface area contributed by atoms with Gasteiger partial charge in [-0.25, -0.2) is 4.79 Å². The first-order valence-electron chi connectivity index (χ1n) is 8.14. The van der Waals surface area contributed by atoms with Crippen molar-refractivity contribution >= 4 is 29.3 Å². The van der Waals surface area contributed by atoms with Gasteiger partial charge in [0, 0.05) is 31.2 Å². The van der Waals surface area contributed by atoms with Crippen molar-refractivity contribution < 1.29 is 14.3 Å². The largest absolute Gasteiger partial charge is 0.448 e. The molecule has 2 aromatic heterocycles. The molecule has 10 nitrogen and oxygen atoms in total. The number of anilines is 3. The summed E-state index contributed by atoms with van der Waals surface area (Å²) in [5.74, 6) is 0.990. The molecule has 3 N–H and O–H groups in total. The molecule has 0 radical (unpaired) electrons. The van der Waals surface area contributed by atoms with Gasteiger partial charge in [-0.3, -0.25) is 14.7 Å². The highest BCUT2D eigenvalue weighted by atomic mass is 16.6. The van der Waals surface area contributed by atoms with Crippen molar-refractivity contribution in [2.45, 2.75) is 0 Å². The van der Waals surface area contributed by atoms with Crippen molar-refractivity contribution in [3.8, 4) is 0 Å². The third-order valence-electron chi connectivity index (χ3n) is 3.55. The highest BCUT2D eigenvalue weighted by molar-refractivity contribution is 5.82. The molecule has 136 valence electrons. The molecule has 1 aliphatic heterocycles. The topological polar surface area (TPSA) is 121 Å². The van der Waals surface area contributed by atoms with Gasteiger partial charge in [0.2, 0.25) is 5.91 Å². The average molecular weight is 357 g/mol. The number of rotatable bonds is 8. The molecule has 1 aliphatic rings. The van der Waals surface area contributed by atoms with Crippen LogP contribution in [0.1, 0.15) is 0 Å². The summed E-state index contributed by atoms with van der Waals surface area (Å²) in [5.41, 5.74) is 0.875. The number of cyclic esters (lactones) is 1. The van der Waals surface area contributed by atoms with E-state index < -0.39 is 6.09 Å². The molecule has 0 bridgehead atoms. The van der Waals surface area contributed by atoms with E-state index in [0.29, 0.717) is 37.9 Å². The van der Waals surface area contributed by atoms with E-state index in [4.69, 9.17) is 4.74 Å². The summed E-state index contributed by atoms with van der Waals surface area (Å²) in [6.45, 7) is 1.68. The number of hydrogen-bond donors (Lipinski definition) is 3. The van der Waals surface area contributed by atoms with E-state index in [9.17, 15) is 9.59 Å². The van der Waals surface area contributed by atoms with Crippen LogP contribution in [-0.2, 0) is 9.53 Å². The first kappa shape index (κ1) is 17.4. The Kier molecular flexibility index (Phi) is 5.76. The second kappa shape index (κ2) is 8.60. The number of pyridine rings is 1. The molecule has 0 spiro atoms. The molecule has 2 aromatic rings. The molecule has 0 unspecified atom stereocenters. The van der Waals surface area contributed by atoms with Crippen molar-refractivity contribution in [2.75, 3.05) is 43.4 Å². The number of nitrogens with one attached hydrogen (secondary N) is 3. The Hall–Kier alpha value is -3.43. The highest BCUT2D eigenvalue weighted by Gasteiger charge is 2.23. The monoisotopic (exact) mass is 357 g/mol. The molecule has 0 aromatic carbocycles. The van der Waals surface area contributed by atoms with E-state index in [-0.39, 0.29) is 12.5 Å². The van der Waals surface area contributed by atoms with Crippen molar-refractivity contribution in [3.05, 3.63) is 36.7 Å².